The standard InChI is InChI=1S/C16H20FN/c1-11(2)7-10-16(18)14-8-9-15(17)13-6-4-3-5-12(13)14/h3-6,8-9,11,16H,7,10,18H2,1-2H3. The molecule has 0 heterocycles. The molecule has 0 spiro atoms. The highest BCUT2D eigenvalue weighted by Crippen LogP contribution is 2.28. The minimum Gasteiger partial charge on any atom is -0.324 e. The van der Waals surface area contributed by atoms with Gasteiger partial charge in [-0.1, -0.05) is 44.2 Å². The molecular weight excluding hydrogens is 225 g/mol. The van der Waals surface area contributed by atoms with E-state index in [1.54, 1.807) is 0 Å². The maximum Gasteiger partial charge on any atom is 0.131 e. The predicted molar refractivity (Wildman–Crippen MR) is 74.9 cm³/mol. The molecule has 0 saturated carbocycles. The van der Waals surface area contributed by atoms with Gasteiger partial charge >= 0.3 is 0 Å². The summed E-state index contributed by atoms with van der Waals surface area (Å²) in [5, 5.41) is 1.60. The first-order valence-corrected chi connectivity index (χ1v) is 6.52. The van der Waals surface area contributed by atoms with Crippen molar-refractivity contribution >= 4 is 10.8 Å². The van der Waals surface area contributed by atoms with Crippen LogP contribution in [0, 0.1) is 11.7 Å². The maximum absolute atomic E-state index is 13.7. The van der Waals surface area contributed by atoms with Gasteiger partial charge in [-0.2, -0.15) is 0 Å². The van der Waals surface area contributed by atoms with E-state index in [2.05, 4.69) is 13.8 Å². The monoisotopic (exact) mass is 245 g/mol. The number of benzene rings is 2. The molecule has 0 saturated heterocycles. The number of hydrogen-bond acceptors (Lipinski definition) is 1. The van der Waals surface area contributed by atoms with Crippen LogP contribution in [-0.2, 0) is 0 Å². The van der Waals surface area contributed by atoms with E-state index in [1.165, 1.54) is 6.07 Å². The van der Waals surface area contributed by atoms with Crippen LogP contribution in [0.2, 0.25) is 0 Å². The first kappa shape index (κ1) is 13.0. The molecule has 96 valence electrons. The van der Waals surface area contributed by atoms with Gasteiger partial charge in [0.25, 0.3) is 0 Å². The largest absolute Gasteiger partial charge is 0.324 e. The number of nitrogens with two attached hydrogens (primary N) is 1. The molecule has 2 heteroatoms. The lowest BCUT2D eigenvalue weighted by Gasteiger charge is -2.16. The lowest BCUT2D eigenvalue weighted by Crippen LogP contribution is -2.12. The first-order valence-electron chi connectivity index (χ1n) is 6.52. The Balaban J connectivity index is 2.36. The fourth-order valence-electron chi connectivity index (χ4n) is 2.28. The minimum atomic E-state index is -0.176. The molecule has 0 aliphatic heterocycles. The van der Waals surface area contributed by atoms with Gasteiger partial charge in [-0.3, -0.25) is 0 Å². The third-order valence-electron chi connectivity index (χ3n) is 3.36. The molecule has 0 aliphatic carbocycles. The van der Waals surface area contributed by atoms with E-state index >= 15 is 0 Å². The smallest absolute Gasteiger partial charge is 0.131 e. The Hall–Kier alpha value is -1.41. The summed E-state index contributed by atoms with van der Waals surface area (Å²) in [5.41, 5.74) is 7.29. The van der Waals surface area contributed by atoms with Crippen molar-refractivity contribution in [2.45, 2.75) is 32.7 Å². The number of fused-ring (bicyclic) bond motifs is 1. The molecule has 1 nitrogen and oxygen atoms in total. The lowest BCUT2D eigenvalue weighted by atomic mass is 9.94. The number of hydrogen-bond donors (Lipinski definition) is 1. The predicted octanol–water partition coefficient (Wildman–Crippen LogP) is 4.41. The fraction of sp³-hybridized carbons (Fsp3) is 0.375. The molecule has 1 atom stereocenters. The minimum absolute atomic E-state index is 0.0158. The molecule has 0 bridgehead atoms. The molecule has 0 fully saturated rings. The first-order chi connectivity index (χ1) is 8.59. The van der Waals surface area contributed by atoms with Crippen molar-refractivity contribution in [2.75, 3.05) is 0 Å². The van der Waals surface area contributed by atoms with Gasteiger partial charge in [0.2, 0.25) is 0 Å². The SMILES string of the molecule is CC(C)CCC(N)c1ccc(F)c2ccccc12. The van der Waals surface area contributed by atoms with Crippen LogP contribution in [0.15, 0.2) is 36.4 Å². The summed E-state index contributed by atoms with van der Waals surface area (Å²) in [5.74, 6) is 0.466. The summed E-state index contributed by atoms with van der Waals surface area (Å²) in [4.78, 5) is 0. The third kappa shape index (κ3) is 2.70. The van der Waals surface area contributed by atoms with Gasteiger partial charge in [0.05, 0.1) is 0 Å². The van der Waals surface area contributed by atoms with Crippen molar-refractivity contribution in [3.8, 4) is 0 Å². The highest BCUT2D eigenvalue weighted by atomic mass is 19.1. The van der Waals surface area contributed by atoms with Gasteiger partial charge in [0.15, 0.2) is 0 Å². The van der Waals surface area contributed by atoms with Gasteiger partial charge in [-0.05, 0) is 35.8 Å². The summed E-state index contributed by atoms with van der Waals surface area (Å²) >= 11 is 0. The van der Waals surface area contributed by atoms with E-state index < -0.39 is 0 Å². The van der Waals surface area contributed by atoms with Crippen molar-refractivity contribution in [1.82, 2.24) is 0 Å². The summed E-state index contributed by atoms with van der Waals surface area (Å²) in [7, 11) is 0. The van der Waals surface area contributed by atoms with Crippen molar-refractivity contribution in [2.24, 2.45) is 11.7 Å². The van der Waals surface area contributed by atoms with Crippen molar-refractivity contribution in [3.63, 3.8) is 0 Å². The normalized spacial score (nSPS) is 13.2. The molecule has 2 aromatic carbocycles. The molecule has 2 aromatic rings. The molecule has 1 unspecified atom stereocenters. The Kier molecular flexibility index (Phi) is 3.97. The zero-order valence-corrected chi connectivity index (χ0v) is 11.0. The van der Waals surface area contributed by atoms with Gasteiger partial charge < -0.3 is 5.73 Å². The van der Waals surface area contributed by atoms with Gasteiger partial charge in [-0.25, -0.2) is 4.39 Å². The third-order valence-corrected chi connectivity index (χ3v) is 3.36. The van der Waals surface area contributed by atoms with E-state index in [0.717, 1.165) is 23.8 Å². The number of rotatable bonds is 4. The molecule has 0 radical (unpaired) electrons. The van der Waals surface area contributed by atoms with Crippen LogP contribution in [0.5, 0.6) is 0 Å². The molecular formula is C16H20FN. The topological polar surface area (TPSA) is 26.0 Å². The highest BCUT2D eigenvalue weighted by Gasteiger charge is 2.12. The Bertz CT molecular complexity index is 534. The summed E-state index contributed by atoms with van der Waals surface area (Å²) in [6.45, 7) is 4.38. The average molecular weight is 245 g/mol. The Morgan fingerprint density at radius 3 is 2.33 bits per heavy atom. The van der Waals surface area contributed by atoms with Crippen LogP contribution in [-0.4, -0.2) is 0 Å². The van der Waals surface area contributed by atoms with Crippen LogP contribution in [0.3, 0.4) is 0 Å². The molecule has 2 rings (SSSR count). The Labute approximate surface area is 108 Å². The van der Waals surface area contributed by atoms with Crippen LogP contribution in [0.4, 0.5) is 4.39 Å². The van der Waals surface area contributed by atoms with Crippen molar-refractivity contribution < 1.29 is 4.39 Å². The van der Waals surface area contributed by atoms with E-state index in [0.29, 0.717) is 11.3 Å². The van der Waals surface area contributed by atoms with Crippen LogP contribution < -0.4 is 5.73 Å². The summed E-state index contributed by atoms with van der Waals surface area (Å²) < 4.78 is 13.7. The molecule has 0 aromatic heterocycles. The van der Waals surface area contributed by atoms with E-state index in [9.17, 15) is 4.39 Å². The molecule has 18 heavy (non-hydrogen) atoms. The van der Waals surface area contributed by atoms with E-state index in [-0.39, 0.29) is 11.9 Å². The van der Waals surface area contributed by atoms with Gasteiger partial charge in [0, 0.05) is 11.4 Å². The van der Waals surface area contributed by atoms with Gasteiger partial charge in [0.1, 0.15) is 5.82 Å². The zero-order chi connectivity index (χ0) is 13.1. The summed E-state index contributed by atoms with van der Waals surface area (Å²) in [6.07, 6.45) is 2.03. The summed E-state index contributed by atoms with van der Waals surface area (Å²) in [6, 6.07) is 10.9. The van der Waals surface area contributed by atoms with Crippen molar-refractivity contribution in [3.05, 3.63) is 47.8 Å². The van der Waals surface area contributed by atoms with Crippen LogP contribution in [0.25, 0.3) is 10.8 Å². The van der Waals surface area contributed by atoms with Crippen molar-refractivity contribution in [1.29, 1.82) is 0 Å². The quantitative estimate of drug-likeness (QED) is 0.848. The second-order valence-corrected chi connectivity index (χ2v) is 5.26. The molecule has 0 amide bonds. The second kappa shape index (κ2) is 5.49. The highest BCUT2D eigenvalue weighted by molar-refractivity contribution is 5.86. The van der Waals surface area contributed by atoms with E-state index in [1.807, 2.05) is 30.3 Å². The Morgan fingerprint density at radius 2 is 1.67 bits per heavy atom. The average Bonchev–Trinajstić information content (AvgIpc) is 2.37. The van der Waals surface area contributed by atoms with Gasteiger partial charge in [-0.15, -0.1) is 0 Å². The zero-order valence-electron chi connectivity index (χ0n) is 11.0. The maximum atomic E-state index is 13.7. The van der Waals surface area contributed by atoms with Crippen LogP contribution in [0.1, 0.15) is 38.3 Å². The second-order valence-electron chi connectivity index (χ2n) is 5.26. The lowest BCUT2D eigenvalue weighted by molar-refractivity contribution is 0.508. The molecule has 2 N–H and O–H groups in total. The van der Waals surface area contributed by atoms with Crippen LogP contribution >= 0.6 is 0 Å². The molecule has 0 aliphatic rings. The Morgan fingerprint density at radius 1 is 1.00 bits per heavy atom. The van der Waals surface area contributed by atoms with E-state index in [4.69, 9.17) is 5.73 Å². The fourth-order valence-corrected chi connectivity index (χ4v) is 2.28. The number of halogens is 1.